The van der Waals surface area contributed by atoms with Crippen molar-refractivity contribution in [1.82, 2.24) is 9.78 Å². The molecule has 0 radical (unpaired) electrons. The molecule has 4 nitrogen and oxygen atoms in total. The summed E-state index contributed by atoms with van der Waals surface area (Å²) in [7, 11) is 0. The molecule has 0 fully saturated rings. The van der Waals surface area contributed by atoms with E-state index in [9.17, 15) is 18.0 Å². The quantitative estimate of drug-likeness (QED) is 0.610. The lowest BCUT2D eigenvalue weighted by molar-refractivity contribution is -0.144. The van der Waals surface area contributed by atoms with E-state index in [1.807, 2.05) is 0 Å². The Hall–Kier alpha value is -2.02. The summed E-state index contributed by atoms with van der Waals surface area (Å²) < 4.78 is 45.2. The van der Waals surface area contributed by atoms with Gasteiger partial charge in [0, 0.05) is 5.88 Å². The maximum Gasteiger partial charge on any atom is 0.433 e. The molecule has 1 aromatic heterocycles. The molecule has 2 aromatic rings. The standard InChI is InChI=1S/C15H14ClF3N2O2/c1-2-23-14(22)12-8-20-21(13(12)15(17,18)19)9-11-5-3-10(7-16)4-6-11/h3-6,8H,2,7,9H2,1H3. The van der Waals surface area contributed by atoms with E-state index < -0.39 is 23.4 Å². The Bertz CT molecular complexity index is 681. The average Bonchev–Trinajstić information content (AvgIpc) is 2.92. The normalized spacial score (nSPS) is 11.5. The van der Waals surface area contributed by atoms with Crippen molar-refractivity contribution < 1.29 is 22.7 Å². The van der Waals surface area contributed by atoms with Gasteiger partial charge in [0.25, 0.3) is 0 Å². The molecule has 1 aromatic carbocycles. The smallest absolute Gasteiger partial charge is 0.433 e. The number of aromatic nitrogens is 2. The number of hydrogen-bond acceptors (Lipinski definition) is 3. The molecule has 1 heterocycles. The number of alkyl halides is 4. The van der Waals surface area contributed by atoms with Gasteiger partial charge < -0.3 is 4.74 Å². The molecule has 0 amide bonds. The number of ether oxygens (including phenoxy) is 1. The number of rotatable bonds is 5. The summed E-state index contributed by atoms with van der Waals surface area (Å²) >= 11 is 5.67. The van der Waals surface area contributed by atoms with Gasteiger partial charge in [-0.05, 0) is 18.1 Å². The summed E-state index contributed by atoms with van der Waals surface area (Å²) in [6.45, 7) is 1.39. The van der Waals surface area contributed by atoms with Crippen LogP contribution in [0.3, 0.4) is 0 Å². The fourth-order valence-corrected chi connectivity index (χ4v) is 2.25. The van der Waals surface area contributed by atoms with E-state index in [4.69, 9.17) is 11.6 Å². The molecule has 0 unspecified atom stereocenters. The minimum absolute atomic E-state index is 0.0127. The highest BCUT2D eigenvalue weighted by molar-refractivity contribution is 6.17. The Kier molecular flexibility index (Phi) is 5.30. The van der Waals surface area contributed by atoms with Crippen molar-refractivity contribution in [2.75, 3.05) is 6.61 Å². The summed E-state index contributed by atoms with van der Waals surface area (Å²) in [5, 5.41) is 3.69. The van der Waals surface area contributed by atoms with E-state index in [0.717, 1.165) is 16.4 Å². The van der Waals surface area contributed by atoms with Gasteiger partial charge in [-0.3, -0.25) is 4.68 Å². The Morgan fingerprint density at radius 2 is 1.87 bits per heavy atom. The number of nitrogens with zero attached hydrogens (tertiary/aromatic N) is 2. The second-order valence-electron chi connectivity index (χ2n) is 4.73. The second kappa shape index (κ2) is 7.04. The van der Waals surface area contributed by atoms with Gasteiger partial charge in [0.05, 0.1) is 19.3 Å². The predicted molar refractivity (Wildman–Crippen MR) is 78.3 cm³/mol. The molecule has 0 spiro atoms. The molecular weight excluding hydrogens is 333 g/mol. The topological polar surface area (TPSA) is 44.1 Å². The van der Waals surface area contributed by atoms with Crippen LogP contribution in [0, 0.1) is 0 Å². The van der Waals surface area contributed by atoms with E-state index in [0.29, 0.717) is 11.4 Å². The van der Waals surface area contributed by atoms with Crippen molar-refractivity contribution in [3.05, 3.63) is 52.8 Å². The highest BCUT2D eigenvalue weighted by Gasteiger charge is 2.40. The minimum Gasteiger partial charge on any atom is -0.462 e. The Labute approximate surface area is 135 Å². The van der Waals surface area contributed by atoms with Crippen molar-refractivity contribution in [1.29, 1.82) is 0 Å². The first kappa shape index (κ1) is 17.3. The van der Waals surface area contributed by atoms with Crippen LogP contribution in [-0.4, -0.2) is 22.4 Å². The van der Waals surface area contributed by atoms with Gasteiger partial charge in [-0.25, -0.2) is 4.79 Å². The lowest BCUT2D eigenvalue weighted by Crippen LogP contribution is -2.19. The third kappa shape index (κ3) is 4.04. The monoisotopic (exact) mass is 346 g/mol. The van der Waals surface area contributed by atoms with Crippen LogP contribution in [0.4, 0.5) is 13.2 Å². The number of halogens is 4. The van der Waals surface area contributed by atoms with Gasteiger partial charge in [0.2, 0.25) is 0 Å². The number of carbonyl (C=O) groups excluding carboxylic acids is 1. The molecule has 8 heteroatoms. The maximum absolute atomic E-state index is 13.3. The van der Waals surface area contributed by atoms with Crippen LogP contribution in [0.25, 0.3) is 0 Å². The summed E-state index contributed by atoms with van der Waals surface area (Å²) in [4.78, 5) is 11.7. The van der Waals surface area contributed by atoms with Crippen LogP contribution >= 0.6 is 11.6 Å². The third-order valence-corrected chi connectivity index (χ3v) is 3.42. The molecule has 0 N–H and O–H groups in total. The van der Waals surface area contributed by atoms with Gasteiger partial charge in [-0.2, -0.15) is 18.3 Å². The van der Waals surface area contributed by atoms with E-state index in [1.165, 1.54) is 6.92 Å². The Morgan fingerprint density at radius 1 is 1.26 bits per heavy atom. The lowest BCUT2D eigenvalue weighted by Gasteiger charge is -2.12. The van der Waals surface area contributed by atoms with E-state index >= 15 is 0 Å². The van der Waals surface area contributed by atoms with Crippen molar-refractivity contribution >= 4 is 17.6 Å². The molecule has 23 heavy (non-hydrogen) atoms. The molecule has 0 aliphatic heterocycles. The molecule has 0 bridgehead atoms. The largest absolute Gasteiger partial charge is 0.462 e. The fraction of sp³-hybridized carbons (Fsp3) is 0.333. The zero-order chi connectivity index (χ0) is 17.0. The van der Waals surface area contributed by atoms with Gasteiger partial charge in [0.1, 0.15) is 5.56 Å². The van der Waals surface area contributed by atoms with Crippen LogP contribution < -0.4 is 0 Å². The van der Waals surface area contributed by atoms with Crippen LogP contribution in [-0.2, 0) is 23.3 Å². The van der Waals surface area contributed by atoms with Crippen molar-refractivity contribution in [3.63, 3.8) is 0 Å². The number of esters is 1. The molecule has 2 rings (SSSR count). The first-order chi connectivity index (χ1) is 10.9. The summed E-state index contributed by atoms with van der Waals surface area (Å²) in [6, 6.07) is 6.80. The molecule has 0 saturated heterocycles. The molecule has 0 aliphatic rings. The van der Waals surface area contributed by atoms with Gasteiger partial charge >= 0.3 is 12.1 Å². The highest BCUT2D eigenvalue weighted by atomic mass is 35.5. The lowest BCUT2D eigenvalue weighted by atomic mass is 10.1. The number of carbonyl (C=O) groups is 1. The molecular formula is C15H14ClF3N2O2. The first-order valence-electron chi connectivity index (χ1n) is 6.80. The minimum atomic E-state index is -4.71. The molecule has 0 atom stereocenters. The Balaban J connectivity index is 2.36. The van der Waals surface area contributed by atoms with Gasteiger partial charge in [0.15, 0.2) is 5.69 Å². The summed E-state index contributed by atoms with van der Waals surface area (Å²) in [6.07, 6.45) is -3.83. The SMILES string of the molecule is CCOC(=O)c1cnn(Cc2ccc(CCl)cc2)c1C(F)(F)F. The van der Waals surface area contributed by atoms with E-state index in [-0.39, 0.29) is 13.2 Å². The summed E-state index contributed by atoms with van der Waals surface area (Å²) in [5.41, 5.74) is -0.226. The Morgan fingerprint density at radius 3 is 2.39 bits per heavy atom. The average molecular weight is 347 g/mol. The van der Waals surface area contributed by atoms with Gasteiger partial charge in [-0.15, -0.1) is 11.6 Å². The van der Waals surface area contributed by atoms with Crippen LogP contribution in [0.2, 0.25) is 0 Å². The molecule has 0 aliphatic carbocycles. The van der Waals surface area contributed by atoms with E-state index in [2.05, 4.69) is 9.84 Å². The van der Waals surface area contributed by atoms with Crippen LogP contribution in [0.5, 0.6) is 0 Å². The second-order valence-corrected chi connectivity index (χ2v) is 5.00. The molecule has 0 saturated carbocycles. The van der Waals surface area contributed by atoms with E-state index in [1.54, 1.807) is 24.3 Å². The van der Waals surface area contributed by atoms with Crippen molar-refractivity contribution in [3.8, 4) is 0 Å². The predicted octanol–water partition coefficient (Wildman–Crippen LogP) is 3.87. The number of benzene rings is 1. The number of hydrogen-bond donors (Lipinski definition) is 0. The maximum atomic E-state index is 13.3. The highest BCUT2D eigenvalue weighted by Crippen LogP contribution is 2.32. The third-order valence-electron chi connectivity index (χ3n) is 3.11. The zero-order valence-corrected chi connectivity index (χ0v) is 13.0. The fourth-order valence-electron chi connectivity index (χ4n) is 2.07. The van der Waals surface area contributed by atoms with Crippen molar-refractivity contribution in [2.45, 2.75) is 25.5 Å². The van der Waals surface area contributed by atoms with Crippen LogP contribution in [0.1, 0.15) is 34.1 Å². The summed E-state index contributed by atoms with van der Waals surface area (Å²) in [5.74, 6) is -0.716. The molecule has 124 valence electrons. The first-order valence-corrected chi connectivity index (χ1v) is 7.34. The van der Waals surface area contributed by atoms with Crippen molar-refractivity contribution in [2.24, 2.45) is 0 Å². The van der Waals surface area contributed by atoms with Gasteiger partial charge in [-0.1, -0.05) is 24.3 Å². The van der Waals surface area contributed by atoms with Crippen LogP contribution in [0.15, 0.2) is 30.5 Å². The zero-order valence-electron chi connectivity index (χ0n) is 12.2.